The van der Waals surface area contributed by atoms with Gasteiger partial charge in [-0.2, -0.15) is 13.2 Å². The van der Waals surface area contributed by atoms with E-state index in [4.69, 9.17) is 28.0 Å². The molecule has 0 aromatic heterocycles. The molecule has 34 heavy (non-hydrogen) atoms. The summed E-state index contributed by atoms with van der Waals surface area (Å²) in [5, 5.41) is 16.8. The lowest BCUT2D eigenvalue weighted by atomic mass is 9.83. The standard InChI is InChI=1S/C21H17Cl2F3N2O5S/c1-10-4-11(2-3-16(10)19(30)27-15-8-34(31,32)9-15)17-18(29)20(33-28-17,21(24,25)26)12-5-13(22)7-14(23)6-12/h2-7,15,18,29H,8-9H2,1H3,(H,27,30). The van der Waals surface area contributed by atoms with Crippen LogP contribution < -0.4 is 5.32 Å². The third-order valence-corrected chi connectivity index (χ3v) is 7.91. The van der Waals surface area contributed by atoms with Gasteiger partial charge in [-0.25, -0.2) is 8.42 Å². The Morgan fingerprint density at radius 1 is 1.18 bits per heavy atom. The van der Waals surface area contributed by atoms with Crippen molar-refractivity contribution in [3.8, 4) is 0 Å². The number of oxime groups is 1. The third-order valence-electron chi connectivity index (χ3n) is 5.66. The molecule has 2 aromatic rings. The van der Waals surface area contributed by atoms with E-state index in [9.17, 15) is 31.5 Å². The van der Waals surface area contributed by atoms with E-state index in [1.807, 2.05) is 0 Å². The molecule has 7 nitrogen and oxygen atoms in total. The van der Waals surface area contributed by atoms with E-state index in [1.165, 1.54) is 24.3 Å². The summed E-state index contributed by atoms with van der Waals surface area (Å²) < 4.78 is 65.2. The Morgan fingerprint density at radius 2 is 1.79 bits per heavy atom. The predicted molar refractivity (Wildman–Crippen MR) is 119 cm³/mol. The van der Waals surface area contributed by atoms with E-state index < -0.39 is 50.9 Å². The molecule has 2 heterocycles. The van der Waals surface area contributed by atoms with Crippen molar-refractivity contribution in [1.82, 2.24) is 5.32 Å². The number of nitrogens with one attached hydrogen (secondary N) is 1. The van der Waals surface area contributed by atoms with Gasteiger partial charge in [-0.3, -0.25) is 4.79 Å². The molecule has 1 fully saturated rings. The van der Waals surface area contributed by atoms with Crippen molar-refractivity contribution in [2.45, 2.75) is 30.8 Å². The number of alkyl halides is 3. The summed E-state index contributed by atoms with van der Waals surface area (Å²) in [6, 6.07) is 6.78. The quantitative estimate of drug-likeness (QED) is 0.623. The smallest absolute Gasteiger partial charge is 0.382 e. The van der Waals surface area contributed by atoms with Crippen LogP contribution in [0.1, 0.15) is 27.0 Å². The van der Waals surface area contributed by atoms with Crippen LogP contribution in [0.2, 0.25) is 10.0 Å². The van der Waals surface area contributed by atoms with Crippen molar-refractivity contribution in [3.05, 3.63) is 68.7 Å². The van der Waals surface area contributed by atoms with Crippen LogP contribution in [0, 0.1) is 6.92 Å². The molecule has 2 unspecified atom stereocenters. The number of hydrogen-bond donors (Lipinski definition) is 2. The highest BCUT2D eigenvalue weighted by molar-refractivity contribution is 7.92. The zero-order chi connectivity index (χ0) is 25.1. The van der Waals surface area contributed by atoms with Crippen LogP contribution in [0.15, 0.2) is 41.6 Å². The molecular weight excluding hydrogens is 520 g/mol. The minimum Gasteiger partial charge on any atom is -0.382 e. The molecule has 0 aliphatic carbocycles. The first-order valence-electron chi connectivity index (χ1n) is 9.83. The Morgan fingerprint density at radius 3 is 2.32 bits per heavy atom. The van der Waals surface area contributed by atoms with Gasteiger partial charge in [-0.1, -0.05) is 34.4 Å². The number of nitrogens with zero attached hydrogens (tertiary/aromatic N) is 1. The predicted octanol–water partition coefficient (Wildman–Crippen LogP) is 3.38. The van der Waals surface area contributed by atoms with Gasteiger partial charge < -0.3 is 15.3 Å². The second-order valence-corrected chi connectivity index (χ2v) is 11.2. The normalized spacial score (nSPS) is 24.2. The molecule has 2 N–H and O–H groups in total. The summed E-state index contributed by atoms with van der Waals surface area (Å²) in [6.07, 6.45) is -7.36. The molecule has 0 saturated carbocycles. The lowest BCUT2D eigenvalue weighted by Crippen LogP contribution is -2.53. The monoisotopic (exact) mass is 536 g/mol. The van der Waals surface area contributed by atoms with Crippen LogP contribution in [0.4, 0.5) is 13.2 Å². The van der Waals surface area contributed by atoms with Crippen LogP contribution >= 0.6 is 23.2 Å². The average Bonchev–Trinajstić information content (AvgIpc) is 3.03. The average molecular weight is 537 g/mol. The van der Waals surface area contributed by atoms with E-state index in [2.05, 4.69) is 10.5 Å². The minimum atomic E-state index is -5.09. The first-order chi connectivity index (χ1) is 15.7. The topological polar surface area (TPSA) is 105 Å². The number of carbonyl (C=O) groups excluding carboxylic acids is 1. The molecule has 2 aliphatic heterocycles. The largest absolute Gasteiger partial charge is 0.438 e. The van der Waals surface area contributed by atoms with E-state index >= 15 is 0 Å². The van der Waals surface area contributed by atoms with Crippen LogP contribution in [0.3, 0.4) is 0 Å². The van der Waals surface area contributed by atoms with Gasteiger partial charge in [-0.15, -0.1) is 0 Å². The number of aliphatic hydroxyl groups is 1. The number of hydrogen-bond acceptors (Lipinski definition) is 6. The van der Waals surface area contributed by atoms with E-state index in [1.54, 1.807) is 6.92 Å². The maximum absolute atomic E-state index is 14.2. The molecule has 1 amide bonds. The number of benzene rings is 2. The Labute approximate surface area is 202 Å². The molecule has 0 bridgehead atoms. The van der Waals surface area contributed by atoms with E-state index in [-0.39, 0.29) is 32.7 Å². The zero-order valence-corrected chi connectivity index (χ0v) is 19.7. The van der Waals surface area contributed by atoms with Crippen molar-refractivity contribution >= 4 is 44.7 Å². The fraction of sp³-hybridized carbons (Fsp3) is 0.333. The SMILES string of the molecule is Cc1cc(C2=NOC(c3cc(Cl)cc(Cl)c3)(C(F)(F)F)C2O)ccc1C(=O)NC1CS(=O)(=O)C1. The number of carbonyl (C=O) groups is 1. The van der Waals surface area contributed by atoms with Crippen LogP contribution in [-0.4, -0.2) is 55.0 Å². The Balaban J connectivity index is 1.63. The van der Waals surface area contributed by atoms with Crippen molar-refractivity contribution in [3.63, 3.8) is 0 Å². The summed E-state index contributed by atoms with van der Waals surface area (Å²) >= 11 is 11.8. The molecule has 2 atom stereocenters. The summed E-state index contributed by atoms with van der Waals surface area (Å²) in [5.74, 6) is -0.820. The fourth-order valence-electron chi connectivity index (χ4n) is 3.96. The third kappa shape index (κ3) is 4.26. The molecule has 13 heteroatoms. The van der Waals surface area contributed by atoms with Gasteiger partial charge in [0.15, 0.2) is 15.9 Å². The van der Waals surface area contributed by atoms with Crippen LogP contribution in [0.25, 0.3) is 0 Å². The summed E-state index contributed by atoms with van der Waals surface area (Å²) in [6.45, 7) is 1.55. The highest BCUT2D eigenvalue weighted by atomic mass is 35.5. The molecule has 1 saturated heterocycles. The van der Waals surface area contributed by atoms with Crippen molar-refractivity contribution < 1.29 is 36.3 Å². The maximum Gasteiger partial charge on any atom is 0.438 e. The second kappa shape index (κ2) is 8.40. The Kier molecular flexibility index (Phi) is 6.12. The summed E-state index contributed by atoms with van der Waals surface area (Å²) in [4.78, 5) is 17.3. The molecule has 182 valence electrons. The Bertz CT molecular complexity index is 1280. The number of sulfone groups is 1. The van der Waals surface area contributed by atoms with Gasteiger partial charge in [0.25, 0.3) is 11.5 Å². The molecule has 2 aromatic carbocycles. The maximum atomic E-state index is 14.2. The summed E-state index contributed by atoms with van der Waals surface area (Å²) in [5.41, 5.74) is -3.48. The van der Waals surface area contributed by atoms with E-state index in [0.29, 0.717) is 5.56 Å². The number of halogens is 5. The molecule has 2 aliphatic rings. The number of amides is 1. The van der Waals surface area contributed by atoms with Gasteiger partial charge in [0.05, 0.1) is 17.5 Å². The number of aryl methyl sites for hydroxylation is 1. The zero-order valence-electron chi connectivity index (χ0n) is 17.4. The van der Waals surface area contributed by atoms with Crippen molar-refractivity contribution in [2.24, 2.45) is 5.16 Å². The minimum absolute atomic E-state index is 0.0825. The van der Waals surface area contributed by atoms with Gasteiger partial charge in [0.1, 0.15) is 5.71 Å². The summed E-state index contributed by atoms with van der Waals surface area (Å²) in [7, 11) is -3.12. The van der Waals surface area contributed by atoms with E-state index in [0.717, 1.165) is 12.1 Å². The van der Waals surface area contributed by atoms with Gasteiger partial charge in [-0.05, 0) is 42.8 Å². The lowest BCUT2D eigenvalue weighted by Gasteiger charge is -2.32. The highest BCUT2D eigenvalue weighted by Crippen LogP contribution is 2.49. The number of rotatable bonds is 4. The molecule has 0 spiro atoms. The fourth-order valence-corrected chi connectivity index (χ4v) is 5.78. The van der Waals surface area contributed by atoms with Crippen LogP contribution in [0.5, 0.6) is 0 Å². The number of aliphatic hydroxyl groups excluding tert-OH is 1. The highest BCUT2D eigenvalue weighted by Gasteiger charge is 2.68. The first-order valence-corrected chi connectivity index (χ1v) is 12.4. The van der Waals surface area contributed by atoms with Crippen molar-refractivity contribution in [1.29, 1.82) is 0 Å². The van der Waals surface area contributed by atoms with Crippen molar-refractivity contribution in [2.75, 3.05) is 11.5 Å². The van der Waals surface area contributed by atoms with Gasteiger partial charge >= 0.3 is 6.18 Å². The Hall–Kier alpha value is -2.34. The molecule has 0 radical (unpaired) electrons. The van der Waals surface area contributed by atoms with Gasteiger partial charge in [0, 0.05) is 26.7 Å². The molecular formula is C21H17Cl2F3N2O5S. The first kappa shape index (κ1) is 24.8. The lowest BCUT2D eigenvalue weighted by molar-refractivity contribution is -0.296. The van der Waals surface area contributed by atoms with Gasteiger partial charge in [0.2, 0.25) is 0 Å². The molecule has 4 rings (SSSR count). The second-order valence-electron chi connectivity index (χ2n) is 8.14. The van der Waals surface area contributed by atoms with Crippen LogP contribution in [-0.2, 0) is 20.3 Å².